The molecule has 1 saturated heterocycles. The van der Waals surface area contributed by atoms with Crippen molar-refractivity contribution >= 4 is 22.4 Å². The van der Waals surface area contributed by atoms with E-state index in [0.29, 0.717) is 12.0 Å². The first-order chi connectivity index (χ1) is 8.31. The van der Waals surface area contributed by atoms with E-state index in [-0.39, 0.29) is 6.61 Å². The average molecular weight is 253 g/mol. The fourth-order valence-corrected chi connectivity index (χ4v) is 3.81. The maximum Gasteiger partial charge on any atom is 0.142 e. The first-order valence-corrected chi connectivity index (χ1v) is 7.21. The van der Waals surface area contributed by atoms with Crippen molar-refractivity contribution in [2.45, 2.75) is 44.1 Å². The summed E-state index contributed by atoms with van der Waals surface area (Å²) < 4.78 is 4.33. The van der Waals surface area contributed by atoms with E-state index >= 15 is 0 Å². The molecule has 0 bridgehead atoms. The lowest BCUT2D eigenvalue weighted by molar-refractivity contribution is 0.276. The number of aromatic nitrogens is 1. The van der Waals surface area contributed by atoms with Gasteiger partial charge in [-0.1, -0.05) is 0 Å². The van der Waals surface area contributed by atoms with E-state index in [1.807, 2.05) is 0 Å². The minimum atomic E-state index is 0.272. The Morgan fingerprint density at radius 2 is 2.24 bits per heavy atom. The van der Waals surface area contributed by atoms with Crippen LogP contribution in [0.5, 0.6) is 0 Å². The van der Waals surface area contributed by atoms with Crippen LogP contribution in [0, 0.1) is 0 Å². The van der Waals surface area contributed by atoms with Crippen LogP contribution in [-0.2, 0) is 0 Å². The van der Waals surface area contributed by atoms with E-state index in [2.05, 4.69) is 9.27 Å². The van der Waals surface area contributed by atoms with Crippen LogP contribution < -0.4 is 10.6 Å². The molecule has 0 spiro atoms. The topological polar surface area (TPSA) is 62.4 Å². The summed E-state index contributed by atoms with van der Waals surface area (Å²) in [6, 6.07) is 0.484. The normalized spacial score (nSPS) is 24.5. The average Bonchev–Trinajstić information content (AvgIpc) is 2.93. The molecule has 4 nitrogen and oxygen atoms in total. The third-order valence-electron chi connectivity index (χ3n) is 3.82. The summed E-state index contributed by atoms with van der Waals surface area (Å²) in [5.74, 6) is 1.39. The van der Waals surface area contributed by atoms with Gasteiger partial charge in [0.05, 0.1) is 0 Å². The van der Waals surface area contributed by atoms with Crippen molar-refractivity contribution in [2.24, 2.45) is 0 Å². The number of nitrogen functional groups attached to an aromatic ring is 1. The van der Waals surface area contributed by atoms with Crippen LogP contribution >= 0.6 is 11.5 Å². The predicted octanol–water partition coefficient (Wildman–Crippen LogP) is 1.95. The van der Waals surface area contributed by atoms with E-state index in [0.717, 1.165) is 18.8 Å². The molecule has 2 aliphatic rings. The van der Waals surface area contributed by atoms with Gasteiger partial charge in [-0.2, -0.15) is 4.37 Å². The first-order valence-electron chi connectivity index (χ1n) is 6.43. The number of nitrogens with zero attached hydrogens (tertiary/aromatic N) is 2. The lowest BCUT2D eigenvalue weighted by atomic mass is 10.1. The third-order valence-corrected chi connectivity index (χ3v) is 4.74. The molecule has 1 unspecified atom stereocenters. The standard InChI is InChI=1S/C12H19N3OS/c13-11-10(8-3-4-8)12(17-14-11)15-6-1-2-9(15)5-7-16/h8-9,16H,1-7H2,(H2,13,14). The zero-order valence-electron chi connectivity index (χ0n) is 9.93. The van der Waals surface area contributed by atoms with Crippen LogP contribution in [-0.4, -0.2) is 28.7 Å². The highest BCUT2D eigenvalue weighted by molar-refractivity contribution is 7.10. The summed E-state index contributed by atoms with van der Waals surface area (Å²) in [5, 5.41) is 10.4. The van der Waals surface area contributed by atoms with Gasteiger partial charge in [0.1, 0.15) is 10.8 Å². The summed E-state index contributed by atoms with van der Waals surface area (Å²) in [5.41, 5.74) is 7.28. The van der Waals surface area contributed by atoms with Crippen LogP contribution in [0.4, 0.5) is 10.8 Å². The monoisotopic (exact) mass is 253 g/mol. The first kappa shape index (κ1) is 11.3. The highest BCUT2D eigenvalue weighted by atomic mass is 32.1. The van der Waals surface area contributed by atoms with Crippen LogP contribution in [0.25, 0.3) is 0 Å². The van der Waals surface area contributed by atoms with Gasteiger partial charge >= 0.3 is 0 Å². The Kier molecular flexibility index (Phi) is 2.96. The molecule has 2 fully saturated rings. The molecule has 1 atom stereocenters. The molecule has 3 N–H and O–H groups in total. The fraction of sp³-hybridized carbons (Fsp3) is 0.750. The number of aliphatic hydroxyl groups excluding tert-OH is 1. The molecule has 0 aromatic carbocycles. The van der Waals surface area contributed by atoms with E-state index in [9.17, 15) is 0 Å². The molecule has 17 heavy (non-hydrogen) atoms. The maximum absolute atomic E-state index is 9.12. The number of nitrogens with two attached hydrogens (primary N) is 1. The minimum absolute atomic E-state index is 0.272. The van der Waals surface area contributed by atoms with Gasteiger partial charge in [-0.3, -0.25) is 0 Å². The molecular formula is C12H19N3OS. The molecule has 1 aliphatic heterocycles. The maximum atomic E-state index is 9.12. The van der Waals surface area contributed by atoms with Crippen molar-refractivity contribution in [1.29, 1.82) is 0 Å². The van der Waals surface area contributed by atoms with Gasteiger partial charge in [-0.25, -0.2) is 0 Å². The second-order valence-electron chi connectivity index (χ2n) is 5.06. The van der Waals surface area contributed by atoms with Crippen LogP contribution in [0.15, 0.2) is 0 Å². The Bertz CT molecular complexity index is 402. The van der Waals surface area contributed by atoms with Crippen molar-refractivity contribution in [1.82, 2.24) is 4.37 Å². The quantitative estimate of drug-likeness (QED) is 0.861. The number of aliphatic hydroxyl groups is 1. The predicted molar refractivity (Wildman–Crippen MR) is 70.6 cm³/mol. The van der Waals surface area contributed by atoms with Crippen molar-refractivity contribution in [2.75, 3.05) is 23.8 Å². The second kappa shape index (κ2) is 4.46. The zero-order chi connectivity index (χ0) is 11.8. The number of hydrogen-bond acceptors (Lipinski definition) is 5. The van der Waals surface area contributed by atoms with E-state index in [1.54, 1.807) is 11.5 Å². The fourth-order valence-electron chi connectivity index (χ4n) is 2.82. The van der Waals surface area contributed by atoms with Gasteiger partial charge in [0, 0.05) is 24.8 Å². The SMILES string of the molecule is Nc1nsc(N2CCCC2CCO)c1C1CC1. The van der Waals surface area contributed by atoms with Crippen molar-refractivity contribution < 1.29 is 5.11 Å². The van der Waals surface area contributed by atoms with Gasteiger partial charge in [0.25, 0.3) is 0 Å². The van der Waals surface area contributed by atoms with Crippen molar-refractivity contribution in [3.05, 3.63) is 5.56 Å². The minimum Gasteiger partial charge on any atom is -0.396 e. The Hall–Kier alpha value is -0.810. The van der Waals surface area contributed by atoms with Gasteiger partial charge < -0.3 is 15.7 Å². The third kappa shape index (κ3) is 2.02. The summed E-state index contributed by atoms with van der Waals surface area (Å²) in [6.07, 6.45) is 5.78. The van der Waals surface area contributed by atoms with E-state index < -0.39 is 0 Å². The van der Waals surface area contributed by atoms with Gasteiger partial charge in [0.2, 0.25) is 0 Å². The molecule has 3 rings (SSSR count). The zero-order valence-corrected chi connectivity index (χ0v) is 10.7. The lowest BCUT2D eigenvalue weighted by Crippen LogP contribution is -2.29. The van der Waals surface area contributed by atoms with E-state index in [4.69, 9.17) is 10.8 Å². The highest BCUT2D eigenvalue weighted by Gasteiger charge is 2.35. The molecule has 1 aromatic rings. The molecule has 0 radical (unpaired) electrons. The Balaban J connectivity index is 1.87. The summed E-state index contributed by atoms with van der Waals surface area (Å²) in [4.78, 5) is 2.43. The molecule has 94 valence electrons. The molecular weight excluding hydrogens is 234 g/mol. The molecule has 1 aliphatic carbocycles. The summed E-state index contributed by atoms with van der Waals surface area (Å²) in [6.45, 7) is 1.36. The Labute approximate surface area is 106 Å². The van der Waals surface area contributed by atoms with Gasteiger partial charge in [-0.15, -0.1) is 0 Å². The number of rotatable bonds is 4. The highest BCUT2D eigenvalue weighted by Crippen LogP contribution is 2.50. The largest absolute Gasteiger partial charge is 0.396 e. The summed E-state index contributed by atoms with van der Waals surface area (Å²) >= 11 is 1.54. The molecule has 5 heteroatoms. The molecule has 1 saturated carbocycles. The van der Waals surface area contributed by atoms with Crippen molar-refractivity contribution in [3.8, 4) is 0 Å². The van der Waals surface area contributed by atoms with Crippen LogP contribution in [0.3, 0.4) is 0 Å². The number of hydrogen-bond donors (Lipinski definition) is 2. The Morgan fingerprint density at radius 3 is 2.94 bits per heavy atom. The molecule has 2 heterocycles. The van der Waals surface area contributed by atoms with Crippen molar-refractivity contribution in [3.63, 3.8) is 0 Å². The van der Waals surface area contributed by atoms with Gasteiger partial charge in [0.15, 0.2) is 0 Å². The van der Waals surface area contributed by atoms with E-state index in [1.165, 1.54) is 36.2 Å². The van der Waals surface area contributed by atoms with Crippen LogP contribution in [0.2, 0.25) is 0 Å². The second-order valence-corrected chi connectivity index (χ2v) is 5.81. The van der Waals surface area contributed by atoms with Gasteiger partial charge in [-0.05, 0) is 49.6 Å². The van der Waals surface area contributed by atoms with Crippen LogP contribution in [0.1, 0.15) is 43.6 Å². The Morgan fingerprint density at radius 1 is 1.41 bits per heavy atom. The lowest BCUT2D eigenvalue weighted by Gasteiger charge is -2.25. The molecule has 1 aromatic heterocycles. The smallest absolute Gasteiger partial charge is 0.142 e. The molecule has 0 amide bonds. The summed E-state index contributed by atoms with van der Waals surface area (Å²) in [7, 11) is 0. The number of anilines is 2.